The molecule has 1 heterocycles. The zero-order valence-corrected chi connectivity index (χ0v) is 10.6. The molecular weight excluding hydrogens is 236 g/mol. The van der Waals surface area contributed by atoms with Crippen molar-refractivity contribution < 1.29 is 19.4 Å². The molecule has 0 radical (unpaired) electrons. The van der Waals surface area contributed by atoms with Gasteiger partial charge in [-0.3, -0.25) is 4.79 Å². The number of carboxylic acid groups (broad SMARTS) is 1. The van der Waals surface area contributed by atoms with Crippen molar-refractivity contribution in [2.24, 2.45) is 0 Å². The number of carboxylic acids is 1. The van der Waals surface area contributed by atoms with Crippen molar-refractivity contribution in [3.63, 3.8) is 0 Å². The lowest BCUT2D eigenvalue weighted by Gasteiger charge is -2.11. The largest absolute Gasteiger partial charge is 0.481 e. The molecule has 0 spiro atoms. The minimum absolute atomic E-state index is 0.159. The maximum absolute atomic E-state index is 11.4. The molecule has 2 amide bonds. The molecule has 104 valence electrons. The van der Waals surface area contributed by atoms with E-state index >= 15 is 0 Å². The normalized spacial score (nSPS) is 18.6. The van der Waals surface area contributed by atoms with E-state index in [1.165, 1.54) is 0 Å². The number of urea groups is 1. The summed E-state index contributed by atoms with van der Waals surface area (Å²) in [7, 11) is 0. The van der Waals surface area contributed by atoms with Crippen molar-refractivity contribution in [2.45, 2.75) is 44.6 Å². The lowest BCUT2D eigenvalue weighted by molar-refractivity contribution is -0.137. The molecular formula is C12H22N2O4. The van der Waals surface area contributed by atoms with Crippen molar-refractivity contribution in [3.05, 3.63) is 0 Å². The predicted molar refractivity (Wildman–Crippen MR) is 66.5 cm³/mol. The highest BCUT2D eigenvalue weighted by Gasteiger charge is 2.15. The van der Waals surface area contributed by atoms with E-state index in [9.17, 15) is 9.59 Å². The summed E-state index contributed by atoms with van der Waals surface area (Å²) in [4.78, 5) is 21.6. The number of hydrogen-bond donors (Lipinski definition) is 3. The number of rotatable bonds is 8. The maximum Gasteiger partial charge on any atom is 0.314 e. The highest BCUT2D eigenvalue weighted by atomic mass is 16.5. The predicted octanol–water partition coefficient (Wildman–Crippen LogP) is 1.11. The smallest absolute Gasteiger partial charge is 0.314 e. The molecule has 1 aliphatic rings. The summed E-state index contributed by atoms with van der Waals surface area (Å²) in [6.45, 7) is 1.93. The molecule has 1 rings (SSSR count). The maximum atomic E-state index is 11.4. The van der Waals surface area contributed by atoms with E-state index in [1.807, 2.05) is 0 Å². The fourth-order valence-electron chi connectivity index (χ4n) is 1.85. The van der Waals surface area contributed by atoms with E-state index in [0.29, 0.717) is 19.5 Å². The summed E-state index contributed by atoms with van der Waals surface area (Å²) in [5.74, 6) is -0.766. The lowest BCUT2D eigenvalue weighted by atomic mass is 10.2. The van der Waals surface area contributed by atoms with Gasteiger partial charge >= 0.3 is 12.0 Å². The van der Waals surface area contributed by atoms with Crippen LogP contribution in [0.1, 0.15) is 38.5 Å². The van der Waals surface area contributed by atoms with Gasteiger partial charge in [0.1, 0.15) is 0 Å². The molecule has 1 saturated heterocycles. The van der Waals surface area contributed by atoms with Gasteiger partial charge in [0.2, 0.25) is 0 Å². The lowest BCUT2D eigenvalue weighted by Crippen LogP contribution is -2.39. The number of ether oxygens (including phenoxy) is 1. The zero-order valence-electron chi connectivity index (χ0n) is 10.6. The number of aliphatic carboxylic acids is 1. The number of amides is 2. The molecule has 0 aromatic heterocycles. The average molecular weight is 258 g/mol. The SMILES string of the molecule is O=C(O)CCCCCNC(=O)NCC1CCCO1. The standard InChI is InChI=1S/C12H22N2O4/c15-11(16)6-2-1-3-7-13-12(17)14-9-10-5-4-8-18-10/h10H,1-9H2,(H,15,16)(H2,13,14,17). The van der Waals surface area contributed by atoms with Gasteiger partial charge in [0.05, 0.1) is 6.10 Å². The van der Waals surface area contributed by atoms with Crippen molar-refractivity contribution in [3.8, 4) is 0 Å². The molecule has 0 aliphatic carbocycles. The van der Waals surface area contributed by atoms with Crippen LogP contribution in [0.25, 0.3) is 0 Å². The van der Waals surface area contributed by atoms with Gasteiger partial charge in [-0.2, -0.15) is 0 Å². The Kier molecular flexibility index (Phi) is 7.17. The van der Waals surface area contributed by atoms with Crippen LogP contribution in [0.5, 0.6) is 0 Å². The molecule has 1 fully saturated rings. The van der Waals surface area contributed by atoms with Gasteiger partial charge in [0.25, 0.3) is 0 Å². The Balaban J connectivity index is 1.88. The summed E-state index contributed by atoms with van der Waals surface area (Å²) >= 11 is 0. The molecule has 18 heavy (non-hydrogen) atoms. The first-order valence-corrected chi connectivity index (χ1v) is 6.53. The second-order valence-electron chi connectivity index (χ2n) is 4.48. The highest BCUT2D eigenvalue weighted by molar-refractivity contribution is 5.73. The van der Waals surface area contributed by atoms with Crippen molar-refractivity contribution >= 4 is 12.0 Å². The highest BCUT2D eigenvalue weighted by Crippen LogP contribution is 2.10. The molecule has 3 N–H and O–H groups in total. The van der Waals surface area contributed by atoms with Gasteiger partial charge in [-0.1, -0.05) is 6.42 Å². The zero-order chi connectivity index (χ0) is 13.2. The van der Waals surface area contributed by atoms with Gasteiger partial charge in [0, 0.05) is 26.1 Å². The number of carbonyl (C=O) groups excluding carboxylic acids is 1. The van der Waals surface area contributed by atoms with Crippen molar-refractivity contribution in [1.82, 2.24) is 10.6 Å². The Bertz CT molecular complexity index is 265. The monoisotopic (exact) mass is 258 g/mol. The van der Waals surface area contributed by atoms with Crippen LogP contribution in [0.2, 0.25) is 0 Å². The van der Waals surface area contributed by atoms with Gasteiger partial charge in [-0.25, -0.2) is 4.79 Å². The average Bonchev–Trinajstić information content (AvgIpc) is 2.83. The summed E-state index contributed by atoms with van der Waals surface area (Å²) in [5.41, 5.74) is 0. The van der Waals surface area contributed by atoms with Gasteiger partial charge in [-0.05, 0) is 25.7 Å². The third-order valence-electron chi connectivity index (χ3n) is 2.87. The molecule has 1 aliphatic heterocycles. The van der Waals surface area contributed by atoms with E-state index in [0.717, 1.165) is 32.3 Å². The molecule has 0 bridgehead atoms. The Morgan fingerprint density at radius 3 is 2.72 bits per heavy atom. The van der Waals surface area contributed by atoms with E-state index in [-0.39, 0.29) is 18.6 Å². The van der Waals surface area contributed by atoms with E-state index in [2.05, 4.69) is 10.6 Å². The molecule has 0 saturated carbocycles. The van der Waals surface area contributed by atoms with Crippen LogP contribution in [-0.4, -0.2) is 42.9 Å². The minimum Gasteiger partial charge on any atom is -0.481 e. The summed E-state index contributed by atoms with van der Waals surface area (Å²) in [6.07, 6.45) is 4.72. The van der Waals surface area contributed by atoms with Crippen LogP contribution >= 0.6 is 0 Å². The molecule has 1 atom stereocenters. The Morgan fingerprint density at radius 2 is 2.06 bits per heavy atom. The topological polar surface area (TPSA) is 87.7 Å². The molecule has 6 heteroatoms. The number of carbonyl (C=O) groups is 2. The summed E-state index contributed by atoms with van der Waals surface area (Å²) < 4.78 is 5.39. The molecule has 1 unspecified atom stereocenters. The second-order valence-corrected chi connectivity index (χ2v) is 4.48. The molecule has 6 nitrogen and oxygen atoms in total. The second kappa shape index (κ2) is 8.74. The Hall–Kier alpha value is -1.30. The van der Waals surface area contributed by atoms with Crippen LogP contribution in [0.4, 0.5) is 4.79 Å². The Morgan fingerprint density at radius 1 is 1.22 bits per heavy atom. The number of hydrogen-bond acceptors (Lipinski definition) is 3. The molecule has 0 aromatic rings. The van der Waals surface area contributed by atoms with E-state index in [4.69, 9.17) is 9.84 Å². The van der Waals surface area contributed by atoms with Crippen LogP contribution in [0.3, 0.4) is 0 Å². The number of unbranched alkanes of at least 4 members (excludes halogenated alkanes) is 2. The van der Waals surface area contributed by atoms with Crippen molar-refractivity contribution in [1.29, 1.82) is 0 Å². The first-order chi connectivity index (χ1) is 8.68. The third kappa shape index (κ3) is 7.11. The minimum atomic E-state index is -0.766. The fourth-order valence-corrected chi connectivity index (χ4v) is 1.85. The van der Waals surface area contributed by atoms with E-state index in [1.54, 1.807) is 0 Å². The summed E-state index contributed by atoms with van der Waals surface area (Å²) in [6, 6.07) is -0.177. The van der Waals surface area contributed by atoms with Gasteiger partial charge in [-0.15, -0.1) is 0 Å². The van der Waals surface area contributed by atoms with Gasteiger partial charge < -0.3 is 20.5 Å². The van der Waals surface area contributed by atoms with Crippen LogP contribution in [0, 0.1) is 0 Å². The van der Waals surface area contributed by atoms with Crippen LogP contribution < -0.4 is 10.6 Å². The van der Waals surface area contributed by atoms with Crippen molar-refractivity contribution in [2.75, 3.05) is 19.7 Å². The fraction of sp³-hybridized carbons (Fsp3) is 0.833. The summed E-state index contributed by atoms with van der Waals surface area (Å²) in [5, 5.41) is 13.9. The van der Waals surface area contributed by atoms with E-state index < -0.39 is 5.97 Å². The van der Waals surface area contributed by atoms with Gasteiger partial charge in [0.15, 0.2) is 0 Å². The quantitative estimate of drug-likeness (QED) is 0.569. The van der Waals surface area contributed by atoms with Crippen LogP contribution in [0.15, 0.2) is 0 Å². The number of nitrogens with one attached hydrogen (secondary N) is 2. The molecule has 0 aromatic carbocycles. The first-order valence-electron chi connectivity index (χ1n) is 6.53. The first kappa shape index (κ1) is 14.8. The Labute approximate surface area is 107 Å². The van der Waals surface area contributed by atoms with Crippen LogP contribution in [-0.2, 0) is 9.53 Å². The third-order valence-corrected chi connectivity index (χ3v) is 2.87.